The Morgan fingerprint density at radius 3 is 2.58 bits per heavy atom. The van der Waals surface area contributed by atoms with E-state index >= 15 is 0 Å². The largest absolute Gasteiger partial charge is 0.388 e. The molecule has 2 aromatic rings. The Kier molecular flexibility index (Phi) is 5.27. The highest BCUT2D eigenvalue weighted by Crippen LogP contribution is 2.35. The van der Waals surface area contributed by atoms with Crippen molar-refractivity contribution in [2.24, 2.45) is 5.92 Å². The molecule has 1 aliphatic heterocycles. The number of nitriles is 1. The predicted molar refractivity (Wildman–Crippen MR) is 106 cm³/mol. The smallest absolute Gasteiger partial charge is 0.130 e. The molecule has 134 valence electrons. The van der Waals surface area contributed by atoms with Crippen LogP contribution in [0.25, 0.3) is 5.57 Å². The third kappa shape index (κ3) is 3.57. The quantitative estimate of drug-likeness (QED) is 0.846. The zero-order chi connectivity index (χ0) is 18.7. The number of nitrogens with zero attached hydrogens (tertiary/aromatic N) is 2. The zero-order valence-corrected chi connectivity index (χ0v) is 15.3. The predicted octanol–water partition coefficient (Wildman–Crippen LogP) is 4.98. The van der Waals surface area contributed by atoms with Gasteiger partial charge >= 0.3 is 0 Å². The summed E-state index contributed by atoms with van der Waals surface area (Å²) in [5, 5.41) is 12.1. The number of hydrogen-bond acceptors (Lipinski definition) is 3. The second-order valence-electron chi connectivity index (χ2n) is 6.84. The van der Waals surface area contributed by atoms with Gasteiger partial charge in [0, 0.05) is 37.1 Å². The Labute approximate surface area is 154 Å². The highest BCUT2D eigenvalue weighted by Gasteiger charge is 2.24. The molecule has 1 heterocycles. The molecule has 0 aliphatic carbocycles. The summed E-state index contributed by atoms with van der Waals surface area (Å²) < 4.78 is 14.3. The summed E-state index contributed by atoms with van der Waals surface area (Å²) in [5.74, 6) is 0.0749. The van der Waals surface area contributed by atoms with Gasteiger partial charge < -0.3 is 10.2 Å². The van der Waals surface area contributed by atoms with Crippen molar-refractivity contribution in [3.63, 3.8) is 0 Å². The van der Waals surface area contributed by atoms with E-state index < -0.39 is 0 Å². The van der Waals surface area contributed by atoms with Crippen LogP contribution in [0.15, 0.2) is 43.0 Å². The van der Waals surface area contributed by atoms with E-state index in [2.05, 4.69) is 22.9 Å². The van der Waals surface area contributed by atoms with Gasteiger partial charge in [0.1, 0.15) is 5.82 Å². The van der Waals surface area contributed by atoms with Crippen LogP contribution in [0.1, 0.15) is 29.5 Å². The SMILES string of the molecule is C=C(c1cc(NC)ccc1F)C1CCN(c2ccc(C#N)cc2C)CC1. The van der Waals surface area contributed by atoms with Crippen molar-refractivity contribution in [3.05, 3.63) is 65.5 Å². The van der Waals surface area contributed by atoms with Gasteiger partial charge in [-0.2, -0.15) is 5.26 Å². The average Bonchev–Trinajstić information content (AvgIpc) is 2.68. The minimum Gasteiger partial charge on any atom is -0.388 e. The summed E-state index contributed by atoms with van der Waals surface area (Å²) >= 11 is 0. The summed E-state index contributed by atoms with van der Waals surface area (Å²) in [7, 11) is 1.83. The maximum Gasteiger partial charge on any atom is 0.130 e. The summed E-state index contributed by atoms with van der Waals surface area (Å²) in [6.45, 7) is 8.06. The van der Waals surface area contributed by atoms with Crippen molar-refractivity contribution >= 4 is 16.9 Å². The number of piperidine rings is 1. The lowest BCUT2D eigenvalue weighted by molar-refractivity contribution is 0.488. The van der Waals surface area contributed by atoms with Crippen LogP contribution >= 0.6 is 0 Å². The Morgan fingerprint density at radius 2 is 1.96 bits per heavy atom. The topological polar surface area (TPSA) is 39.1 Å². The lowest BCUT2D eigenvalue weighted by Crippen LogP contribution is -2.34. The van der Waals surface area contributed by atoms with E-state index in [0.717, 1.165) is 42.8 Å². The van der Waals surface area contributed by atoms with Crippen molar-refractivity contribution in [3.8, 4) is 6.07 Å². The molecule has 3 rings (SSSR count). The molecular weight excluding hydrogens is 325 g/mol. The molecule has 1 aliphatic rings. The molecule has 0 unspecified atom stereocenters. The van der Waals surface area contributed by atoms with Crippen LogP contribution < -0.4 is 10.2 Å². The molecule has 26 heavy (non-hydrogen) atoms. The van der Waals surface area contributed by atoms with Gasteiger partial charge in [0.05, 0.1) is 11.6 Å². The van der Waals surface area contributed by atoms with E-state index in [-0.39, 0.29) is 11.7 Å². The molecule has 1 N–H and O–H groups in total. The number of benzene rings is 2. The van der Waals surface area contributed by atoms with Gasteiger partial charge in [-0.3, -0.25) is 0 Å². The first-order valence-corrected chi connectivity index (χ1v) is 8.95. The lowest BCUT2D eigenvalue weighted by atomic mass is 9.85. The van der Waals surface area contributed by atoms with Gasteiger partial charge in [0.25, 0.3) is 0 Å². The van der Waals surface area contributed by atoms with Gasteiger partial charge in [0.2, 0.25) is 0 Å². The number of halogens is 1. The molecule has 0 radical (unpaired) electrons. The average molecular weight is 349 g/mol. The van der Waals surface area contributed by atoms with Crippen molar-refractivity contribution < 1.29 is 4.39 Å². The normalized spacial score (nSPS) is 14.8. The minimum atomic E-state index is -0.209. The van der Waals surface area contributed by atoms with Crippen LogP contribution in [0.4, 0.5) is 15.8 Å². The highest BCUT2D eigenvalue weighted by molar-refractivity contribution is 5.69. The number of anilines is 2. The number of hydrogen-bond donors (Lipinski definition) is 1. The monoisotopic (exact) mass is 349 g/mol. The van der Waals surface area contributed by atoms with Crippen LogP contribution in [0, 0.1) is 30.0 Å². The van der Waals surface area contributed by atoms with Crippen LogP contribution in [-0.4, -0.2) is 20.1 Å². The first-order chi connectivity index (χ1) is 12.5. The van der Waals surface area contributed by atoms with E-state index in [1.165, 1.54) is 11.8 Å². The van der Waals surface area contributed by atoms with Gasteiger partial charge in [-0.15, -0.1) is 0 Å². The first-order valence-electron chi connectivity index (χ1n) is 8.95. The fourth-order valence-corrected chi connectivity index (χ4v) is 3.70. The van der Waals surface area contributed by atoms with E-state index in [4.69, 9.17) is 5.26 Å². The fraction of sp³-hybridized carbons (Fsp3) is 0.318. The van der Waals surface area contributed by atoms with Gasteiger partial charge in [-0.25, -0.2) is 4.39 Å². The van der Waals surface area contributed by atoms with Crippen LogP contribution in [0.2, 0.25) is 0 Å². The maximum absolute atomic E-state index is 14.3. The Balaban J connectivity index is 1.71. The molecule has 4 heteroatoms. The highest BCUT2D eigenvalue weighted by atomic mass is 19.1. The summed E-state index contributed by atoms with van der Waals surface area (Å²) in [6, 6.07) is 13.1. The summed E-state index contributed by atoms with van der Waals surface area (Å²) in [6.07, 6.45) is 1.89. The van der Waals surface area contributed by atoms with Crippen LogP contribution in [0.3, 0.4) is 0 Å². The van der Waals surface area contributed by atoms with Gasteiger partial charge in [-0.05, 0) is 73.2 Å². The van der Waals surface area contributed by atoms with Gasteiger partial charge in [-0.1, -0.05) is 6.58 Å². The molecule has 0 aromatic heterocycles. The van der Waals surface area contributed by atoms with Crippen LogP contribution in [-0.2, 0) is 0 Å². The maximum atomic E-state index is 14.3. The molecule has 1 saturated heterocycles. The Morgan fingerprint density at radius 1 is 1.23 bits per heavy atom. The van der Waals surface area contributed by atoms with Crippen molar-refractivity contribution in [1.29, 1.82) is 5.26 Å². The van der Waals surface area contributed by atoms with E-state index in [0.29, 0.717) is 11.1 Å². The Bertz CT molecular complexity index is 858. The van der Waals surface area contributed by atoms with E-state index in [1.807, 2.05) is 38.2 Å². The fourth-order valence-electron chi connectivity index (χ4n) is 3.70. The second-order valence-corrected chi connectivity index (χ2v) is 6.84. The standard InChI is InChI=1S/C22H24FN3/c1-15-12-17(14-24)4-7-22(15)26-10-8-18(9-11-26)16(2)20-13-19(25-3)5-6-21(20)23/h4-7,12-13,18,25H,2,8-11H2,1,3H3. The zero-order valence-electron chi connectivity index (χ0n) is 15.3. The molecule has 3 nitrogen and oxygen atoms in total. The third-order valence-corrected chi connectivity index (χ3v) is 5.26. The lowest BCUT2D eigenvalue weighted by Gasteiger charge is -2.35. The Hall–Kier alpha value is -2.80. The second kappa shape index (κ2) is 7.61. The summed E-state index contributed by atoms with van der Waals surface area (Å²) in [5.41, 5.74) is 5.38. The summed E-state index contributed by atoms with van der Waals surface area (Å²) in [4.78, 5) is 2.35. The first kappa shape index (κ1) is 18.0. The van der Waals surface area contributed by atoms with Crippen molar-refractivity contribution in [2.45, 2.75) is 19.8 Å². The molecule has 0 atom stereocenters. The van der Waals surface area contributed by atoms with Gasteiger partial charge in [0.15, 0.2) is 0 Å². The van der Waals surface area contributed by atoms with E-state index in [9.17, 15) is 4.39 Å². The van der Waals surface area contributed by atoms with Crippen molar-refractivity contribution in [1.82, 2.24) is 0 Å². The van der Waals surface area contributed by atoms with Crippen molar-refractivity contribution in [2.75, 3.05) is 30.4 Å². The molecule has 1 fully saturated rings. The third-order valence-electron chi connectivity index (χ3n) is 5.26. The number of aryl methyl sites for hydroxylation is 1. The molecular formula is C22H24FN3. The molecule has 0 saturated carbocycles. The molecule has 0 spiro atoms. The minimum absolute atomic E-state index is 0.209. The molecule has 0 amide bonds. The molecule has 0 bridgehead atoms. The number of allylic oxidation sites excluding steroid dienone is 1. The number of nitrogens with one attached hydrogen (secondary N) is 1. The number of rotatable bonds is 4. The van der Waals surface area contributed by atoms with E-state index in [1.54, 1.807) is 6.07 Å². The molecule has 2 aromatic carbocycles. The van der Waals surface area contributed by atoms with Crippen LogP contribution in [0.5, 0.6) is 0 Å².